The number of oxime groups is 1. The zero-order chi connectivity index (χ0) is 27.6. The number of hydroxylamine groups is 2. The molecular weight excluding hydrogens is 541 g/mol. The standard InChI is InChI=1S/C25H26ClF3N6O4/c26-19-2-1-9-30-21(19)33-12-14-34(15-13-33)22(36)20-16-24(39-32-20)7-10-35(11-8-24)38-23(37)31-18-5-3-17(4-6-18)25(27,28)29/h1-6,9H,7-8,10-16H2,(H,31,37). The van der Waals surface area contributed by atoms with Gasteiger partial charge in [0.15, 0.2) is 0 Å². The molecule has 0 aliphatic carbocycles. The minimum atomic E-state index is -4.46. The summed E-state index contributed by atoms with van der Waals surface area (Å²) >= 11 is 6.25. The van der Waals surface area contributed by atoms with Crippen LogP contribution in [-0.2, 0) is 20.6 Å². The third kappa shape index (κ3) is 6.19. The Labute approximate surface area is 227 Å². The Kier molecular flexibility index (Phi) is 7.54. The second-order valence-corrected chi connectivity index (χ2v) is 9.99. The first kappa shape index (κ1) is 27.0. The van der Waals surface area contributed by atoms with E-state index in [2.05, 4.69) is 15.5 Å². The van der Waals surface area contributed by atoms with Gasteiger partial charge in [0.05, 0.1) is 10.6 Å². The monoisotopic (exact) mass is 566 g/mol. The van der Waals surface area contributed by atoms with Crippen LogP contribution in [0.5, 0.6) is 0 Å². The van der Waals surface area contributed by atoms with E-state index in [9.17, 15) is 22.8 Å². The number of piperidine rings is 1. The number of nitrogens with one attached hydrogen (secondary N) is 1. The molecule has 1 spiro atoms. The summed E-state index contributed by atoms with van der Waals surface area (Å²) in [7, 11) is 0. The predicted octanol–water partition coefficient (Wildman–Crippen LogP) is 4.18. The van der Waals surface area contributed by atoms with E-state index in [-0.39, 0.29) is 11.6 Å². The second-order valence-electron chi connectivity index (χ2n) is 9.59. The first-order chi connectivity index (χ1) is 18.6. The van der Waals surface area contributed by atoms with Gasteiger partial charge in [0.1, 0.15) is 17.1 Å². The summed E-state index contributed by atoms with van der Waals surface area (Å²) in [5.41, 5.74) is -0.899. The van der Waals surface area contributed by atoms with Crippen molar-refractivity contribution in [2.24, 2.45) is 5.16 Å². The van der Waals surface area contributed by atoms with Gasteiger partial charge in [0.25, 0.3) is 5.91 Å². The van der Waals surface area contributed by atoms with E-state index in [1.54, 1.807) is 23.2 Å². The Hall–Kier alpha value is -3.58. The minimum Gasteiger partial charge on any atom is -0.388 e. The van der Waals surface area contributed by atoms with Crippen molar-refractivity contribution in [2.75, 3.05) is 49.5 Å². The third-order valence-corrected chi connectivity index (χ3v) is 7.29. The molecule has 2 amide bonds. The van der Waals surface area contributed by atoms with Crippen molar-refractivity contribution >= 4 is 40.8 Å². The molecule has 4 heterocycles. The third-order valence-electron chi connectivity index (χ3n) is 7.00. The van der Waals surface area contributed by atoms with Crippen LogP contribution in [0.2, 0.25) is 5.02 Å². The van der Waals surface area contributed by atoms with E-state index >= 15 is 0 Å². The predicted molar refractivity (Wildman–Crippen MR) is 136 cm³/mol. The average Bonchev–Trinajstić information content (AvgIpc) is 3.33. The van der Waals surface area contributed by atoms with E-state index in [4.69, 9.17) is 21.3 Å². The Morgan fingerprint density at radius 1 is 1.03 bits per heavy atom. The van der Waals surface area contributed by atoms with Gasteiger partial charge in [-0.1, -0.05) is 16.8 Å². The van der Waals surface area contributed by atoms with Crippen LogP contribution in [-0.4, -0.2) is 77.5 Å². The molecule has 3 aliphatic rings. The van der Waals surface area contributed by atoms with Crippen LogP contribution in [0.1, 0.15) is 24.8 Å². The van der Waals surface area contributed by atoms with Gasteiger partial charge in [-0.15, -0.1) is 5.06 Å². The highest BCUT2D eigenvalue weighted by molar-refractivity contribution is 6.39. The van der Waals surface area contributed by atoms with Gasteiger partial charge in [-0.2, -0.15) is 13.2 Å². The molecule has 0 atom stereocenters. The number of amides is 2. The lowest BCUT2D eigenvalue weighted by atomic mass is 9.87. The normalized spacial score (nSPS) is 19.4. The summed E-state index contributed by atoms with van der Waals surface area (Å²) in [6.45, 7) is 2.91. The number of nitrogens with zero attached hydrogens (tertiary/aromatic N) is 5. The van der Waals surface area contributed by atoms with Crippen molar-refractivity contribution in [1.82, 2.24) is 14.9 Å². The maximum absolute atomic E-state index is 13.1. The number of pyridine rings is 1. The molecule has 3 aliphatic heterocycles. The van der Waals surface area contributed by atoms with Crippen LogP contribution >= 0.6 is 11.6 Å². The summed E-state index contributed by atoms with van der Waals surface area (Å²) in [5.74, 6) is 0.544. The molecule has 0 saturated carbocycles. The largest absolute Gasteiger partial charge is 0.430 e. The molecule has 1 N–H and O–H groups in total. The van der Waals surface area contributed by atoms with Gasteiger partial charge in [0.2, 0.25) is 0 Å². The summed E-state index contributed by atoms with van der Waals surface area (Å²) < 4.78 is 38.1. The fraction of sp³-hybridized carbons (Fsp3) is 0.440. The van der Waals surface area contributed by atoms with Gasteiger partial charge in [0, 0.05) is 70.4 Å². The molecule has 208 valence electrons. The average molecular weight is 567 g/mol. The molecule has 39 heavy (non-hydrogen) atoms. The lowest BCUT2D eigenvalue weighted by Gasteiger charge is -2.36. The molecule has 10 nitrogen and oxygen atoms in total. The van der Waals surface area contributed by atoms with Gasteiger partial charge in [-0.3, -0.25) is 10.1 Å². The fourth-order valence-electron chi connectivity index (χ4n) is 4.80. The van der Waals surface area contributed by atoms with Gasteiger partial charge in [-0.25, -0.2) is 9.78 Å². The highest BCUT2D eigenvalue weighted by atomic mass is 35.5. The first-order valence-electron chi connectivity index (χ1n) is 12.4. The quantitative estimate of drug-likeness (QED) is 0.593. The fourth-order valence-corrected chi connectivity index (χ4v) is 5.04. The van der Waals surface area contributed by atoms with E-state index in [1.165, 1.54) is 5.06 Å². The topological polar surface area (TPSA) is 99.6 Å². The minimum absolute atomic E-state index is 0.159. The van der Waals surface area contributed by atoms with E-state index < -0.39 is 23.4 Å². The smallest absolute Gasteiger partial charge is 0.388 e. The number of halogens is 4. The van der Waals surface area contributed by atoms with E-state index in [0.717, 1.165) is 24.3 Å². The van der Waals surface area contributed by atoms with Crippen LogP contribution in [0.15, 0.2) is 47.8 Å². The lowest BCUT2D eigenvalue weighted by molar-refractivity contribution is -0.154. The molecule has 0 unspecified atom stereocenters. The van der Waals surface area contributed by atoms with Crippen molar-refractivity contribution in [1.29, 1.82) is 0 Å². The number of piperazine rings is 1. The van der Waals surface area contributed by atoms with Crippen LogP contribution < -0.4 is 10.2 Å². The Morgan fingerprint density at radius 3 is 2.36 bits per heavy atom. The maximum Gasteiger partial charge on any atom is 0.430 e. The summed E-state index contributed by atoms with van der Waals surface area (Å²) in [6, 6.07) is 7.64. The van der Waals surface area contributed by atoms with Crippen molar-refractivity contribution in [3.8, 4) is 0 Å². The zero-order valence-corrected chi connectivity index (χ0v) is 21.5. The van der Waals surface area contributed by atoms with Crippen LogP contribution in [0.25, 0.3) is 0 Å². The molecule has 0 radical (unpaired) electrons. The highest BCUT2D eigenvalue weighted by Gasteiger charge is 2.45. The summed E-state index contributed by atoms with van der Waals surface area (Å²) in [4.78, 5) is 44.5. The Bertz CT molecular complexity index is 1240. The molecule has 1 aromatic carbocycles. The number of carbonyl (C=O) groups is 2. The molecule has 14 heteroatoms. The first-order valence-corrected chi connectivity index (χ1v) is 12.8. The van der Waals surface area contributed by atoms with Crippen LogP contribution in [0.3, 0.4) is 0 Å². The second kappa shape index (κ2) is 10.9. The van der Waals surface area contributed by atoms with Gasteiger partial charge >= 0.3 is 12.3 Å². The number of benzene rings is 1. The molecule has 2 aromatic rings. The Balaban J connectivity index is 1.06. The molecule has 2 saturated heterocycles. The van der Waals surface area contributed by atoms with E-state index in [0.29, 0.717) is 75.1 Å². The summed E-state index contributed by atoms with van der Waals surface area (Å²) in [5, 5.41) is 8.54. The van der Waals surface area contributed by atoms with Gasteiger partial charge in [-0.05, 0) is 36.4 Å². The number of alkyl halides is 3. The Morgan fingerprint density at radius 2 is 1.72 bits per heavy atom. The van der Waals surface area contributed by atoms with Crippen molar-refractivity contribution in [3.05, 3.63) is 53.2 Å². The van der Waals surface area contributed by atoms with Gasteiger partial charge < -0.3 is 19.5 Å². The number of hydrogen-bond acceptors (Lipinski definition) is 8. The number of anilines is 2. The molecule has 2 fully saturated rings. The van der Waals surface area contributed by atoms with Crippen molar-refractivity contribution in [3.63, 3.8) is 0 Å². The van der Waals surface area contributed by atoms with Crippen LogP contribution in [0.4, 0.5) is 29.5 Å². The molecular formula is C25H26ClF3N6O4. The number of carbonyl (C=O) groups excluding carboxylic acids is 2. The molecule has 5 rings (SSSR count). The molecule has 1 aromatic heterocycles. The zero-order valence-electron chi connectivity index (χ0n) is 20.8. The number of hydrogen-bond donors (Lipinski definition) is 1. The number of aromatic nitrogens is 1. The van der Waals surface area contributed by atoms with Crippen molar-refractivity contribution in [2.45, 2.75) is 31.0 Å². The van der Waals surface area contributed by atoms with Crippen molar-refractivity contribution < 1.29 is 32.4 Å². The molecule has 0 bridgehead atoms. The SMILES string of the molecule is O=C(Nc1ccc(C(F)(F)F)cc1)ON1CCC2(CC1)CC(C(=O)N1CCN(c3ncccc3Cl)CC1)=NO2. The lowest BCUT2D eigenvalue weighted by Crippen LogP contribution is -2.51. The number of rotatable bonds is 4. The summed E-state index contributed by atoms with van der Waals surface area (Å²) in [6.07, 6.45) is -2.26. The highest BCUT2D eigenvalue weighted by Crippen LogP contribution is 2.35. The van der Waals surface area contributed by atoms with Crippen LogP contribution in [0, 0.1) is 0 Å². The maximum atomic E-state index is 13.1. The van der Waals surface area contributed by atoms with E-state index in [1.807, 2.05) is 4.90 Å².